The molecule has 20 heavy (non-hydrogen) atoms. The number of carbonyl (C=O) groups excluding carboxylic acids is 1. The quantitative estimate of drug-likeness (QED) is 0.576. The minimum atomic E-state index is -0.186. The number of pyridine rings is 1. The van der Waals surface area contributed by atoms with Crippen LogP contribution in [0.25, 0.3) is 0 Å². The van der Waals surface area contributed by atoms with Gasteiger partial charge in [0, 0.05) is 17.3 Å². The number of para-hydroxylation sites is 1. The van der Waals surface area contributed by atoms with Crippen LogP contribution in [0.4, 0.5) is 5.82 Å². The lowest BCUT2D eigenvalue weighted by molar-refractivity contribution is 0.0930. The molecular weight excluding hydrogens is 256 g/mol. The minimum absolute atomic E-state index is 0.138. The first-order chi connectivity index (χ1) is 9.78. The number of anilines is 1. The van der Waals surface area contributed by atoms with Gasteiger partial charge in [-0.05, 0) is 18.2 Å². The normalized spacial score (nSPS) is 16.1. The summed E-state index contributed by atoms with van der Waals surface area (Å²) in [5.74, 6) is 6.36. The number of ether oxygens (including phenoxy) is 1. The van der Waals surface area contributed by atoms with Gasteiger partial charge in [0.25, 0.3) is 5.91 Å². The van der Waals surface area contributed by atoms with Gasteiger partial charge in [0.1, 0.15) is 18.2 Å². The van der Waals surface area contributed by atoms with Crippen LogP contribution in [0.1, 0.15) is 22.0 Å². The summed E-state index contributed by atoms with van der Waals surface area (Å²) in [6.07, 6.45) is 1.53. The van der Waals surface area contributed by atoms with E-state index in [-0.39, 0.29) is 11.9 Å². The fourth-order valence-electron chi connectivity index (χ4n) is 2.17. The van der Waals surface area contributed by atoms with Crippen molar-refractivity contribution in [2.24, 2.45) is 5.84 Å². The van der Waals surface area contributed by atoms with Gasteiger partial charge in [0.05, 0.1) is 6.04 Å². The number of hydrogen-bond acceptors (Lipinski definition) is 5. The zero-order chi connectivity index (χ0) is 13.9. The van der Waals surface area contributed by atoms with Crippen molar-refractivity contribution in [3.05, 3.63) is 53.7 Å². The predicted octanol–water partition coefficient (Wildman–Crippen LogP) is 1.23. The number of nitrogen functional groups attached to an aromatic ring is 1. The summed E-state index contributed by atoms with van der Waals surface area (Å²) in [7, 11) is 0. The molecule has 2 aromatic rings. The summed E-state index contributed by atoms with van der Waals surface area (Å²) in [4.78, 5) is 16.2. The maximum absolute atomic E-state index is 12.2. The summed E-state index contributed by atoms with van der Waals surface area (Å²) in [6.45, 7) is 0.443. The predicted molar refractivity (Wildman–Crippen MR) is 74.2 cm³/mol. The van der Waals surface area contributed by atoms with Crippen LogP contribution < -0.4 is 21.3 Å². The molecule has 1 amide bonds. The van der Waals surface area contributed by atoms with Gasteiger partial charge in [-0.1, -0.05) is 18.2 Å². The number of nitrogens with one attached hydrogen (secondary N) is 2. The summed E-state index contributed by atoms with van der Waals surface area (Å²) in [5.41, 5.74) is 3.91. The topological polar surface area (TPSA) is 89.3 Å². The fraction of sp³-hybridized carbons (Fsp3) is 0.143. The highest BCUT2D eigenvalue weighted by Crippen LogP contribution is 2.31. The lowest BCUT2D eigenvalue weighted by atomic mass is 10.1. The van der Waals surface area contributed by atoms with Crippen LogP contribution in [-0.4, -0.2) is 17.5 Å². The average molecular weight is 270 g/mol. The van der Waals surface area contributed by atoms with Crippen molar-refractivity contribution < 1.29 is 9.53 Å². The van der Waals surface area contributed by atoms with E-state index in [9.17, 15) is 4.79 Å². The van der Waals surface area contributed by atoms with Gasteiger partial charge >= 0.3 is 0 Å². The van der Waals surface area contributed by atoms with E-state index in [0.29, 0.717) is 18.0 Å². The standard InChI is InChI=1S/C14H14N4O2/c15-18-13-7-9(5-6-16-13)14(19)17-11-8-20-12-4-2-1-3-10(11)12/h1-7,11H,8,15H2,(H,16,18)(H,17,19). The average Bonchev–Trinajstić information content (AvgIpc) is 2.90. The van der Waals surface area contributed by atoms with E-state index in [4.69, 9.17) is 10.6 Å². The Morgan fingerprint density at radius 2 is 2.20 bits per heavy atom. The third-order valence-electron chi connectivity index (χ3n) is 3.18. The van der Waals surface area contributed by atoms with E-state index in [1.54, 1.807) is 12.1 Å². The van der Waals surface area contributed by atoms with E-state index in [1.807, 2.05) is 24.3 Å². The first-order valence-corrected chi connectivity index (χ1v) is 6.23. The molecule has 0 bridgehead atoms. The maximum Gasteiger partial charge on any atom is 0.252 e. The van der Waals surface area contributed by atoms with Crippen molar-refractivity contribution >= 4 is 11.7 Å². The fourth-order valence-corrected chi connectivity index (χ4v) is 2.17. The van der Waals surface area contributed by atoms with E-state index < -0.39 is 0 Å². The molecule has 0 spiro atoms. The molecule has 102 valence electrons. The van der Waals surface area contributed by atoms with E-state index in [2.05, 4.69) is 15.7 Å². The number of rotatable bonds is 3. The van der Waals surface area contributed by atoms with Crippen molar-refractivity contribution in [1.29, 1.82) is 0 Å². The SMILES string of the molecule is NNc1cc(C(=O)NC2COc3ccccc32)ccn1. The van der Waals surface area contributed by atoms with E-state index >= 15 is 0 Å². The molecule has 0 saturated carbocycles. The molecule has 1 aromatic carbocycles. The number of amides is 1. The molecule has 2 heterocycles. The lowest BCUT2D eigenvalue weighted by Crippen LogP contribution is -2.29. The Hall–Kier alpha value is -2.60. The highest BCUT2D eigenvalue weighted by Gasteiger charge is 2.25. The maximum atomic E-state index is 12.2. The van der Waals surface area contributed by atoms with Crippen LogP contribution >= 0.6 is 0 Å². The summed E-state index contributed by atoms with van der Waals surface area (Å²) < 4.78 is 5.53. The van der Waals surface area contributed by atoms with Gasteiger partial charge in [-0.15, -0.1) is 0 Å². The molecule has 3 rings (SSSR count). The lowest BCUT2D eigenvalue weighted by Gasteiger charge is -2.12. The Balaban J connectivity index is 1.77. The molecule has 1 atom stereocenters. The summed E-state index contributed by atoms with van der Waals surface area (Å²) in [6, 6.07) is 10.8. The summed E-state index contributed by atoms with van der Waals surface area (Å²) >= 11 is 0. The molecule has 6 nitrogen and oxygen atoms in total. The highest BCUT2D eigenvalue weighted by molar-refractivity contribution is 5.95. The molecule has 0 fully saturated rings. The monoisotopic (exact) mass is 270 g/mol. The van der Waals surface area contributed by atoms with Crippen molar-refractivity contribution in [3.8, 4) is 5.75 Å². The number of nitrogens with zero attached hydrogens (tertiary/aromatic N) is 1. The molecule has 6 heteroatoms. The first-order valence-electron chi connectivity index (χ1n) is 6.23. The van der Waals surface area contributed by atoms with Crippen LogP contribution in [0.5, 0.6) is 5.75 Å². The Morgan fingerprint density at radius 1 is 1.35 bits per heavy atom. The van der Waals surface area contributed by atoms with Crippen LogP contribution in [0.2, 0.25) is 0 Å². The van der Waals surface area contributed by atoms with Gasteiger partial charge < -0.3 is 15.5 Å². The molecule has 1 aliphatic rings. The molecular formula is C14H14N4O2. The van der Waals surface area contributed by atoms with Crippen LogP contribution in [0, 0.1) is 0 Å². The van der Waals surface area contributed by atoms with Gasteiger partial charge in [-0.25, -0.2) is 10.8 Å². The Bertz CT molecular complexity index is 645. The van der Waals surface area contributed by atoms with E-state index in [0.717, 1.165) is 11.3 Å². The van der Waals surface area contributed by atoms with E-state index in [1.165, 1.54) is 6.20 Å². The largest absolute Gasteiger partial charge is 0.491 e. The molecule has 0 radical (unpaired) electrons. The Kier molecular flexibility index (Phi) is 3.22. The molecule has 1 aliphatic heterocycles. The first kappa shape index (κ1) is 12.4. The molecule has 0 saturated heterocycles. The zero-order valence-electron chi connectivity index (χ0n) is 10.7. The van der Waals surface area contributed by atoms with Crippen LogP contribution in [0.3, 0.4) is 0 Å². The number of aromatic nitrogens is 1. The van der Waals surface area contributed by atoms with Gasteiger partial charge in [0.15, 0.2) is 0 Å². The second kappa shape index (κ2) is 5.18. The number of fused-ring (bicyclic) bond motifs is 1. The number of nitrogens with two attached hydrogens (primary N) is 1. The van der Waals surface area contributed by atoms with Crippen LogP contribution in [0.15, 0.2) is 42.6 Å². The van der Waals surface area contributed by atoms with Crippen LogP contribution in [-0.2, 0) is 0 Å². The number of carbonyl (C=O) groups is 1. The molecule has 1 aromatic heterocycles. The second-order valence-electron chi connectivity index (χ2n) is 4.45. The third-order valence-corrected chi connectivity index (χ3v) is 3.18. The highest BCUT2D eigenvalue weighted by atomic mass is 16.5. The molecule has 4 N–H and O–H groups in total. The van der Waals surface area contributed by atoms with Crippen molar-refractivity contribution in [2.75, 3.05) is 12.0 Å². The smallest absolute Gasteiger partial charge is 0.252 e. The third kappa shape index (κ3) is 2.28. The minimum Gasteiger partial charge on any atom is -0.491 e. The van der Waals surface area contributed by atoms with Crippen molar-refractivity contribution in [2.45, 2.75) is 6.04 Å². The molecule has 1 unspecified atom stereocenters. The zero-order valence-corrected chi connectivity index (χ0v) is 10.7. The number of benzene rings is 1. The number of hydrazine groups is 1. The van der Waals surface area contributed by atoms with Gasteiger partial charge in [-0.2, -0.15) is 0 Å². The van der Waals surface area contributed by atoms with Gasteiger partial charge in [0.2, 0.25) is 0 Å². The molecule has 0 aliphatic carbocycles. The second-order valence-corrected chi connectivity index (χ2v) is 4.45. The summed E-state index contributed by atoms with van der Waals surface area (Å²) in [5, 5.41) is 2.94. The van der Waals surface area contributed by atoms with Crippen molar-refractivity contribution in [1.82, 2.24) is 10.3 Å². The Morgan fingerprint density at radius 3 is 3.05 bits per heavy atom. The van der Waals surface area contributed by atoms with Crippen molar-refractivity contribution in [3.63, 3.8) is 0 Å². The number of hydrogen-bond donors (Lipinski definition) is 3. The Labute approximate surface area is 115 Å². The van der Waals surface area contributed by atoms with Gasteiger partial charge in [-0.3, -0.25) is 4.79 Å².